The summed E-state index contributed by atoms with van der Waals surface area (Å²) in [6, 6.07) is 13.2. The molecule has 0 saturated carbocycles. The van der Waals surface area contributed by atoms with Gasteiger partial charge in [-0.25, -0.2) is 8.42 Å². The second-order valence-corrected chi connectivity index (χ2v) is 6.64. The number of nitrogens with two attached hydrogens (primary N) is 1. The molecule has 0 aliphatic rings. The quantitative estimate of drug-likeness (QED) is 0.832. The zero-order chi connectivity index (χ0) is 17.6. The van der Waals surface area contributed by atoms with Crippen molar-refractivity contribution in [2.45, 2.75) is 0 Å². The van der Waals surface area contributed by atoms with Crippen molar-refractivity contribution >= 4 is 21.6 Å². The lowest BCUT2D eigenvalue weighted by molar-refractivity contribution is 0.100. The zero-order valence-electron chi connectivity index (χ0n) is 12.8. The molecule has 0 saturated heterocycles. The lowest BCUT2D eigenvalue weighted by atomic mass is 10.1. The topological polar surface area (TPSA) is 89.3 Å². The number of benzene rings is 2. The highest BCUT2D eigenvalue weighted by Crippen LogP contribution is 2.09. The van der Waals surface area contributed by atoms with E-state index >= 15 is 0 Å². The molecule has 5 nitrogen and oxygen atoms in total. The smallest absolute Gasteiger partial charge is 0.248 e. The number of carbonyl (C=O) groups is 1. The van der Waals surface area contributed by atoms with Crippen molar-refractivity contribution < 1.29 is 13.2 Å². The molecular formula is C18H14N2O3S. The van der Waals surface area contributed by atoms with Crippen molar-refractivity contribution in [2.75, 3.05) is 11.0 Å². The minimum absolute atomic E-state index is 0.425. The van der Waals surface area contributed by atoms with Gasteiger partial charge in [-0.15, -0.1) is 0 Å². The fourth-order valence-electron chi connectivity index (χ4n) is 1.76. The molecule has 1 amide bonds. The predicted molar refractivity (Wildman–Crippen MR) is 93.6 cm³/mol. The molecule has 0 spiro atoms. The largest absolute Gasteiger partial charge is 0.366 e. The van der Waals surface area contributed by atoms with E-state index in [1.807, 2.05) is 0 Å². The van der Waals surface area contributed by atoms with Gasteiger partial charge in [0.25, 0.3) is 0 Å². The second-order valence-electron chi connectivity index (χ2n) is 4.89. The first-order valence-electron chi connectivity index (χ1n) is 6.83. The van der Waals surface area contributed by atoms with Gasteiger partial charge in [0.15, 0.2) is 0 Å². The van der Waals surface area contributed by atoms with Crippen molar-refractivity contribution in [1.29, 1.82) is 0 Å². The third-order valence-corrected chi connectivity index (χ3v) is 3.44. The van der Waals surface area contributed by atoms with Gasteiger partial charge in [0, 0.05) is 22.4 Å². The number of primary amides is 1. The summed E-state index contributed by atoms with van der Waals surface area (Å²) in [6.45, 7) is 0. The van der Waals surface area contributed by atoms with Gasteiger partial charge in [-0.2, -0.15) is 0 Å². The van der Waals surface area contributed by atoms with E-state index in [1.165, 1.54) is 0 Å². The van der Waals surface area contributed by atoms with Crippen LogP contribution in [0.4, 0.5) is 5.69 Å². The molecule has 0 aliphatic carbocycles. The van der Waals surface area contributed by atoms with Crippen LogP contribution in [-0.2, 0) is 10.0 Å². The number of amides is 1. The summed E-state index contributed by atoms with van der Waals surface area (Å²) in [5, 5.41) is 0. The molecule has 2 rings (SSSR count). The van der Waals surface area contributed by atoms with Crippen LogP contribution in [0.2, 0.25) is 0 Å². The zero-order valence-corrected chi connectivity index (χ0v) is 13.6. The maximum Gasteiger partial charge on any atom is 0.248 e. The molecule has 2 aromatic carbocycles. The molecule has 0 atom stereocenters. The van der Waals surface area contributed by atoms with Crippen LogP contribution in [-0.4, -0.2) is 20.6 Å². The lowest BCUT2D eigenvalue weighted by Crippen LogP contribution is -2.10. The summed E-state index contributed by atoms with van der Waals surface area (Å²) in [6.07, 6.45) is 1.09. The van der Waals surface area contributed by atoms with Crippen LogP contribution in [0.15, 0.2) is 48.5 Å². The van der Waals surface area contributed by atoms with Gasteiger partial charge in [0.1, 0.15) is 0 Å². The Labute approximate surface area is 140 Å². The highest BCUT2D eigenvalue weighted by molar-refractivity contribution is 7.92. The molecule has 0 heterocycles. The van der Waals surface area contributed by atoms with Crippen molar-refractivity contribution in [1.82, 2.24) is 0 Å². The minimum Gasteiger partial charge on any atom is -0.366 e. The van der Waals surface area contributed by atoms with E-state index < -0.39 is 15.9 Å². The Balaban J connectivity index is 2.04. The average molecular weight is 338 g/mol. The van der Waals surface area contributed by atoms with Crippen molar-refractivity contribution in [2.24, 2.45) is 5.73 Å². The predicted octanol–water partition coefficient (Wildman–Crippen LogP) is 1.56. The van der Waals surface area contributed by atoms with E-state index in [1.54, 1.807) is 48.5 Å². The first kappa shape index (κ1) is 17.1. The number of carbonyl (C=O) groups excluding carboxylic acids is 1. The molecule has 0 unspecified atom stereocenters. The highest BCUT2D eigenvalue weighted by Gasteiger charge is 2.00. The van der Waals surface area contributed by atoms with Gasteiger partial charge in [0.2, 0.25) is 15.9 Å². The Kier molecular flexibility index (Phi) is 5.26. The SMILES string of the molecule is CS(=O)(=O)Nc1ccc(C#CC#Cc2ccc(C(N)=O)cc2)cc1. The molecule has 3 N–H and O–H groups in total. The van der Waals surface area contributed by atoms with E-state index in [4.69, 9.17) is 5.73 Å². The van der Waals surface area contributed by atoms with Crippen molar-refractivity contribution in [3.63, 3.8) is 0 Å². The Bertz CT molecular complexity index is 969. The third kappa shape index (κ3) is 5.53. The van der Waals surface area contributed by atoms with E-state index in [-0.39, 0.29) is 0 Å². The Hall–Kier alpha value is -3.22. The molecule has 0 radical (unpaired) electrons. The van der Waals surface area contributed by atoms with Crippen LogP contribution in [0.1, 0.15) is 21.5 Å². The maximum atomic E-state index is 11.1. The molecule has 0 fully saturated rings. The van der Waals surface area contributed by atoms with Crippen LogP contribution in [0.3, 0.4) is 0 Å². The summed E-state index contributed by atoms with van der Waals surface area (Å²) < 4.78 is 24.6. The molecule has 120 valence electrons. The fourth-order valence-corrected chi connectivity index (χ4v) is 2.32. The summed E-state index contributed by atoms with van der Waals surface area (Å²) in [5.74, 6) is 10.7. The second kappa shape index (κ2) is 7.36. The van der Waals surface area contributed by atoms with Gasteiger partial charge in [-0.1, -0.05) is 11.8 Å². The standard InChI is InChI=1S/C18H14N2O3S/c1-24(22,23)20-17-12-8-15(9-13-17)5-3-2-4-14-6-10-16(11-7-14)18(19)21/h6-13,20H,1H3,(H2,19,21). The van der Waals surface area contributed by atoms with E-state index in [0.717, 1.165) is 11.8 Å². The Morgan fingerprint density at radius 1 is 0.917 bits per heavy atom. The number of rotatable bonds is 3. The average Bonchev–Trinajstić information content (AvgIpc) is 2.52. The summed E-state index contributed by atoms with van der Waals surface area (Å²) in [7, 11) is -3.29. The fraction of sp³-hybridized carbons (Fsp3) is 0.0556. The third-order valence-electron chi connectivity index (χ3n) is 2.83. The number of hydrogen-bond donors (Lipinski definition) is 2. The van der Waals surface area contributed by atoms with E-state index in [9.17, 15) is 13.2 Å². The summed E-state index contributed by atoms with van der Waals surface area (Å²) >= 11 is 0. The van der Waals surface area contributed by atoms with Crippen molar-refractivity contribution in [3.8, 4) is 23.7 Å². The van der Waals surface area contributed by atoms with Gasteiger partial charge in [-0.3, -0.25) is 9.52 Å². The Morgan fingerprint density at radius 3 is 1.79 bits per heavy atom. The van der Waals surface area contributed by atoms with Gasteiger partial charge < -0.3 is 5.73 Å². The molecule has 2 aromatic rings. The molecule has 6 heteroatoms. The van der Waals surface area contributed by atoms with Crippen LogP contribution in [0.5, 0.6) is 0 Å². The van der Waals surface area contributed by atoms with Crippen LogP contribution >= 0.6 is 0 Å². The lowest BCUT2D eigenvalue weighted by Gasteiger charge is -2.02. The number of nitrogens with one attached hydrogen (secondary N) is 1. The Morgan fingerprint density at radius 2 is 1.38 bits per heavy atom. The minimum atomic E-state index is -3.29. The molecule has 0 aliphatic heterocycles. The number of sulfonamides is 1. The molecule has 24 heavy (non-hydrogen) atoms. The first-order valence-corrected chi connectivity index (χ1v) is 8.72. The van der Waals surface area contributed by atoms with Gasteiger partial charge in [-0.05, 0) is 60.4 Å². The molecule has 0 aromatic heterocycles. The van der Waals surface area contributed by atoms with Crippen LogP contribution in [0, 0.1) is 23.7 Å². The van der Waals surface area contributed by atoms with Crippen LogP contribution in [0.25, 0.3) is 0 Å². The normalized spacial score (nSPS) is 9.88. The number of hydrogen-bond acceptors (Lipinski definition) is 3. The maximum absolute atomic E-state index is 11.1. The number of anilines is 1. The summed E-state index contributed by atoms with van der Waals surface area (Å²) in [4.78, 5) is 11.0. The monoisotopic (exact) mass is 338 g/mol. The summed E-state index contributed by atoms with van der Waals surface area (Å²) in [5.41, 5.74) is 7.50. The van der Waals surface area contributed by atoms with E-state index in [0.29, 0.717) is 16.8 Å². The van der Waals surface area contributed by atoms with Gasteiger partial charge in [0.05, 0.1) is 6.26 Å². The van der Waals surface area contributed by atoms with Gasteiger partial charge >= 0.3 is 0 Å². The van der Waals surface area contributed by atoms with E-state index in [2.05, 4.69) is 28.4 Å². The molecular weight excluding hydrogens is 324 g/mol. The molecule has 0 bridgehead atoms. The van der Waals surface area contributed by atoms with Crippen molar-refractivity contribution in [3.05, 3.63) is 65.2 Å². The van der Waals surface area contributed by atoms with Crippen LogP contribution < -0.4 is 10.5 Å². The highest BCUT2D eigenvalue weighted by atomic mass is 32.2. The first-order chi connectivity index (χ1) is 11.3.